The normalized spacial score (nSPS) is 12.1. The van der Waals surface area contributed by atoms with E-state index in [0.717, 1.165) is 5.56 Å². The highest BCUT2D eigenvalue weighted by atomic mass is 16.1. The molecule has 0 bridgehead atoms. The summed E-state index contributed by atoms with van der Waals surface area (Å²) >= 11 is 0. The van der Waals surface area contributed by atoms with Crippen molar-refractivity contribution in [1.29, 1.82) is 0 Å². The molecular weight excluding hydrogens is 294 g/mol. The minimum atomic E-state index is -0.274. The number of benzene rings is 1. The summed E-state index contributed by atoms with van der Waals surface area (Å²) < 4.78 is 0. The highest BCUT2D eigenvalue weighted by Gasteiger charge is 2.15. The molecule has 0 aliphatic rings. The van der Waals surface area contributed by atoms with Gasteiger partial charge in [-0.05, 0) is 13.8 Å². The molecule has 1 atom stereocenters. The van der Waals surface area contributed by atoms with Gasteiger partial charge in [-0.3, -0.25) is 15.0 Å². The van der Waals surface area contributed by atoms with Gasteiger partial charge in [-0.25, -0.2) is 9.97 Å². The molecule has 3 N–H and O–H groups in total. The Bertz CT molecular complexity index is 793. The lowest BCUT2D eigenvalue weighted by Gasteiger charge is -2.09. The fraction of sp³-hybridized carbons (Fsp3) is 0.267. The Labute approximate surface area is 132 Å². The third-order valence-electron chi connectivity index (χ3n) is 3.27. The predicted molar refractivity (Wildman–Crippen MR) is 83.2 cm³/mol. The van der Waals surface area contributed by atoms with Crippen molar-refractivity contribution in [3.63, 3.8) is 0 Å². The molecule has 3 rings (SSSR count). The van der Waals surface area contributed by atoms with Gasteiger partial charge in [-0.2, -0.15) is 10.2 Å². The van der Waals surface area contributed by atoms with E-state index >= 15 is 0 Å². The lowest BCUT2D eigenvalue weighted by Crippen LogP contribution is -2.29. The van der Waals surface area contributed by atoms with Crippen molar-refractivity contribution in [1.82, 2.24) is 35.7 Å². The number of carbonyl (C=O) groups excluding carboxylic acids is 1. The van der Waals surface area contributed by atoms with Crippen molar-refractivity contribution in [2.24, 2.45) is 0 Å². The molecule has 23 heavy (non-hydrogen) atoms. The second-order valence-electron chi connectivity index (χ2n) is 5.22. The monoisotopic (exact) mass is 311 g/mol. The Kier molecular flexibility index (Phi) is 4.13. The summed E-state index contributed by atoms with van der Waals surface area (Å²) in [7, 11) is 0. The van der Waals surface area contributed by atoms with Gasteiger partial charge in [-0.1, -0.05) is 30.3 Å². The van der Waals surface area contributed by atoms with Crippen LogP contribution in [0.3, 0.4) is 0 Å². The van der Waals surface area contributed by atoms with Crippen molar-refractivity contribution in [2.45, 2.75) is 26.3 Å². The zero-order chi connectivity index (χ0) is 16.2. The highest BCUT2D eigenvalue weighted by Crippen LogP contribution is 2.13. The summed E-state index contributed by atoms with van der Waals surface area (Å²) in [6, 6.07) is 9.32. The number of H-pyrrole nitrogens is 2. The number of aromatic nitrogens is 6. The topological polar surface area (TPSA) is 112 Å². The van der Waals surface area contributed by atoms with Crippen LogP contribution in [0.2, 0.25) is 0 Å². The molecule has 8 heteroatoms. The van der Waals surface area contributed by atoms with Gasteiger partial charge in [0, 0.05) is 5.56 Å². The smallest absolute Gasteiger partial charge is 0.228 e. The molecule has 0 aliphatic heterocycles. The first kappa shape index (κ1) is 14.9. The summed E-state index contributed by atoms with van der Waals surface area (Å²) in [4.78, 5) is 20.6. The molecule has 2 aromatic heterocycles. The lowest BCUT2D eigenvalue weighted by molar-refractivity contribution is -0.121. The molecule has 8 nitrogen and oxygen atoms in total. The number of carbonyl (C=O) groups is 1. The average Bonchev–Trinajstić information content (AvgIpc) is 3.17. The van der Waals surface area contributed by atoms with E-state index in [0.29, 0.717) is 23.3 Å². The number of nitrogens with one attached hydrogen (secondary N) is 3. The molecule has 0 saturated heterocycles. The maximum Gasteiger partial charge on any atom is 0.228 e. The van der Waals surface area contributed by atoms with Gasteiger partial charge in [0.2, 0.25) is 5.91 Å². The number of hydrogen-bond acceptors (Lipinski definition) is 5. The van der Waals surface area contributed by atoms with E-state index in [-0.39, 0.29) is 18.4 Å². The molecule has 2 heterocycles. The van der Waals surface area contributed by atoms with Crippen molar-refractivity contribution in [3.8, 4) is 11.4 Å². The van der Waals surface area contributed by atoms with Crippen molar-refractivity contribution in [3.05, 3.63) is 47.8 Å². The maximum absolute atomic E-state index is 12.1. The minimum absolute atomic E-state index is 0.119. The lowest BCUT2D eigenvalue weighted by atomic mass is 10.2. The fourth-order valence-electron chi connectivity index (χ4n) is 2.15. The second kappa shape index (κ2) is 6.39. The summed E-state index contributed by atoms with van der Waals surface area (Å²) in [6.45, 7) is 3.64. The Morgan fingerprint density at radius 1 is 1.17 bits per heavy atom. The quantitative estimate of drug-likeness (QED) is 0.658. The second-order valence-corrected chi connectivity index (χ2v) is 5.22. The van der Waals surface area contributed by atoms with Crippen LogP contribution in [0.1, 0.15) is 30.4 Å². The first-order valence-corrected chi connectivity index (χ1v) is 7.27. The highest BCUT2D eigenvalue weighted by molar-refractivity contribution is 5.78. The van der Waals surface area contributed by atoms with Crippen LogP contribution in [0.5, 0.6) is 0 Å². The Morgan fingerprint density at radius 3 is 2.65 bits per heavy atom. The minimum Gasteiger partial charge on any atom is -0.346 e. The predicted octanol–water partition coefficient (Wildman–Crippen LogP) is 1.32. The molecule has 0 aliphatic carbocycles. The van der Waals surface area contributed by atoms with Gasteiger partial charge in [0.15, 0.2) is 11.6 Å². The summed E-state index contributed by atoms with van der Waals surface area (Å²) in [5.41, 5.74) is 0.903. The third-order valence-corrected chi connectivity index (χ3v) is 3.27. The van der Waals surface area contributed by atoms with Gasteiger partial charge in [0.05, 0.1) is 12.5 Å². The summed E-state index contributed by atoms with van der Waals surface area (Å²) in [6.07, 6.45) is 0.119. The first-order chi connectivity index (χ1) is 11.1. The van der Waals surface area contributed by atoms with Gasteiger partial charge in [0.25, 0.3) is 0 Å². The van der Waals surface area contributed by atoms with Crippen LogP contribution < -0.4 is 5.32 Å². The van der Waals surface area contributed by atoms with E-state index in [2.05, 4.69) is 35.7 Å². The van der Waals surface area contributed by atoms with Crippen LogP contribution in [0.4, 0.5) is 0 Å². The van der Waals surface area contributed by atoms with Crippen molar-refractivity contribution >= 4 is 5.91 Å². The Balaban J connectivity index is 1.61. The standard InChI is InChI=1S/C15H17N7O/c1-9(14-17-10(2)19-21-14)16-13(23)8-12-18-15(22-20-12)11-6-4-3-5-7-11/h3-7,9H,8H2,1-2H3,(H,16,23)(H,17,19,21)(H,18,20,22)/t9-/m0/s1. The number of aryl methyl sites for hydroxylation is 1. The molecule has 0 unspecified atom stereocenters. The molecule has 0 fully saturated rings. The van der Waals surface area contributed by atoms with Crippen molar-refractivity contribution in [2.75, 3.05) is 0 Å². The van der Waals surface area contributed by atoms with E-state index in [1.54, 1.807) is 0 Å². The molecule has 0 saturated carbocycles. The van der Waals surface area contributed by atoms with E-state index in [1.165, 1.54) is 0 Å². The maximum atomic E-state index is 12.1. The van der Waals surface area contributed by atoms with Crippen LogP contribution in [0.25, 0.3) is 11.4 Å². The molecule has 0 radical (unpaired) electrons. The number of rotatable bonds is 5. The summed E-state index contributed by atoms with van der Waals surface area (Å²) in [5, 5.41) is 16.5. The SMILES string of the molecule is Cc1nc([C@H](C)NC(=O)Cc2nc(-c3ccccc3)n[nH]2)n[nH]1. The van der Waals surface area contributed by atoms with E-state index < -0.39 is 0 Å². The summed E-state index contributed by atoms with van der Waals surface area (Å²) in [5.74, 6) is 2.18. The molecule has 0 spiro atoms. The van der Waals surface area contributed by atoms with Crippen LogP contribution in [0, 0.1) is 6.92 Å². The van der Waals surface area contributed by atoms with Crippen LogP contribution >= 0.6 is 0 Å². The van der Waals surface area contributed by atoms with Gasteiger partial charge >= 0.3 is 0 Å². The number of nitrogens with zero attached hydrogens (tertiary/aromatic N) is 4. The van der Waals surface area contributed by atoms with Crippen LogP contribution in [-0.4, -0.2) is 36.3 Å². The van der Waals surface area contributed by atoms with Crippen molar-refractivity contribution < 1.29 is 4.79 Å². The van der Waals surface area contributed by atoms with Gasteiger partial charge in [0.1, 0.15) is 11.6 Å². The average molecular weight is 311 g/mol. The molecule has 118 valence electrons. The van der Waals surface area contributed by atoms with E-state index in [4.69, 9.17) is 0 Å². The number of hydrogen-bond donors (Lipinski definition) is 3. The molecule has 1 amide bonds. The van der Waals surface area contributed by atoms with E-state index in [1.807, 2.05) is 44.2 Å². The van der Waals surface area contributed by atoms with Gasteiger partial charge < -0.3 is 5.32 Å². The largest absolute Gasteiger partial charge is 0.346 e. The Hall–Kier alpha value is -3.03. The zero-order valence-electron chi connectivity index (χ0n) is 12.9. The van der Waals surface area contributed by atoms with Crippen LogP contribution in [-0.2, 0) is 11.2 Å². The van der Waals surface area contributed by atoms with Gasteiger partial charge in [-0.15, -0.1) is 0 Å². The first-order valence-electron chi connectivity index (χ1n) is 7.27. The Morgan fingerprint density at radius 2 is 1.96 bits per heavy atom. The number of amides is 1. The molecular formula is C15H17N7O. The third kappa shape index (κ3) is 3.60. The van der Waals surface area contributed by atoms with E-state index in [9.17, 15) is 4.79 Å². The zero-order valence-corrected chi connectivity index (χ0v) is 12.9. The fourth-order valence-corrected chi connectivity index (χ4v) is 2.15. The van der Waals surface area contributed by atoms with Crippen LogP contribution in [0.15, 0.2) is 30.3 Å². The molecule has 3 aromatic rings. The molecule has 1 aromatic carbocycles. The number of aromatic amines is 2.